The molecular weight excluding hydrogens is 321 g/mol. The van der Waals surface area contributed by atoms with E-state index in [2.05, 4.69) is 5.32 Å². The first kappa shape index (κ1) is 18.3. The van der Waals surface area contributed by atoms with Crippen molar-refractivity contribution >= 4 is 23.4 Å². The third-order valence-electron chi connectivity index (χ3n) is 2.76. The SMILES string of the molecule is CCCC(=O)NCC(=O)NC(c1ccc(Cl)cc1)C(F)(F)F. The van der Waals surface area contributed by atoms with E-state index in [0.29, 0.717) is 11.4 Å². The highest BCUT2D eigenvalue weighted by Crippen LogP contribution is 2.33. The summed E-state index contributed by atoms with van der Waals surface area (Å²) in [5.74, 6) is -1.30. The molecule has 22 heavy (non-hydrogen) atoms. The first-order valence-electron chi connectivity index (χ1n) is 6.62. The summed E-state index contributed by atoms with van der Waals surface area (Å²) in [6.45, 7) is 1.28. The van der Waals surface area contributed by atoms with Crippen LogP contribution in [0.1, 0.15) is 31.4 Å². The lowest BCUT2D eigenvalue weighted by molar-refractivity contribution is -0.163. The molecular formula is C14H16ClF3N2O2. The minimum atomic E-state index is -4.66. The van der Waals surface area contributed by atoms with Crippen LogP contribution >= 0.6 is 11.6 Å². The Morgan fingerprint density at radius 3 is 2.27 bits per heavy atom. The summed E-state index contributed by atoms with van der Waals surface area (Å²) in [7, 11) is 0. The second-order valence-corrected chi connectivity index (χ2v) is 5.06. The van der Waals surface area contributed by atoms with Gasteiger partial charge in [0, 0.05) is 11.4 Å². The van der Waals surface area contributed by atoms with E-state index in [1.54, 1.807) is 6.92 Å². The van der Waals surface area contributed by atoms with Crippen LogP contribution in [0.15, 0.2) is 24.3 Å². The van der Waals surface area contributed by atoms with Crippen molar-refractivity contribution in [2.24, 2.45) is 0 Å². The van der Waals surface area contributed by atoms with E-state index in [0.717, 1.165) is 0 Å². The van der Waals surface area contributed by atoms with Crippen LogP contribution in [0.4, 0.5) is 13.2 Å². The number of amides is 2. The number of carbonyl (C=O) groups is 2. The zero-order chi connectivity index (χ0) is 16.8. The molecule has 0 saturated carbocycles. The molecule has 0 aliphatic heterocycles. The van der Waals surface area contributed by atoms with Gasteiger partial charge in [-0.05, 0) is 24.1 Å². The number of hydrogen-bond donors (Lipinski definition) is 2. The molecule has 8 heteroatoms. The van der Waals surface area contributed by atoms with E-state index in [1.807, 2.05) is 5.32 Å². The minimum absolute atomic E-state index is 0.134. The number of benzene rings is 1. The van der Waals surface area contributed by atoms with Crippen LogP contribution in [0.25, 0.3) is 0 Å². The molecule has 0 aliphatic carbocycles. The molecule has 1 rings (SSSR count). The molecule has 0 radical (unpaired) electrons. The molecule has 4 nitrogen and oxygen atoms in total. The van der Waals surface area contributed by atoms with Gasteiger partial charge in [0.15, 0.2) is 6.04 Å². The zero-order valence-corrected chi connectivity index (χ0v) is 12.6. The quantitative estimate of drug-likeness (QED) is 0.839. The van der Waals surface area contributed by atoms with Crippen LogP contribution in [-0.2, 0) is 9.59 Å². The number of alkyl halides is 3. The summed E-state index contributed by atoms with van der Waals surface area (Å²) in [6.07, 6.45) is -3.85. The highest BCUT2D eigenvalue weighted by molar-refractivity contribution is 6.30. The molecule has 122 valence electrons. The summed E-state index contributed by atoms with van der Waals surface area (Å²) in [5.41, 5.74) is -0.134. The third kappa shape index (κ3) is 5.93. The Bertz CT molecular complexity index is 518. The predicted molar refractivity (Wildman–Crippen MR) is 76.3 cm³/mol. The van der Waals surface area contributed by atoms with Crippen molar-refractivity contribution in [3.63, 3.8) is 0 Å². The average Bonchev–Trinajstić information content (AvgIpc) is 2.43. The normalized spacial score (nSPS) is 12.6. The number of nitrogens with one attached hydrogen (secondary N) is 2. The number of hydrogen-bond acceptors (Lipinski definition) is 2. The van der Waals surface area contributed by atoms with Crippen molar-refractivity contribution in [2.45, 2.75) is 32.0 Å². The van der Waals surface area contributed by atoms with Crippen molar-refractivity contribution in [1.82, 2.24) is 10.6 Å². The molecule has 0 aromatic heterocycles. The van der Waals surface area contributed by atoms with Gasteiger partial charge in [-0.1, -0.05) is 30.7 Å². The van der Waals surface area contributed by atoms with Crippen molar-refractivity contribution in [2.75, 3.05) is 6.54 Å². The van der Waals surface area contributed by atoms with Crippen molar-refractivity contribution < 1.29 is 22.8 Å². The molecule has 0 fully saturated rings. The van der Waals surface area contributed by atoms with E-state index in [1.165, 1.54) is 24.3 Å². The topological polar surface area (TPSA) is 58.2 Å². The molecule has 2 amide bonds. The van der Waals surface area contributed by atoms with E-state index < -0.39 is 24.7 Å². The Kier molecular flexibility index (Phi) is 6.67. The van der Waals surface area contributed by atoms with Crippen LogP contribution in [-0.4, -0.2) is 24.5 Å². The monoisotopic (exact) mass is 336 g/mol. The Balaban J connectivity index is 2.72. The fourth-order valence-electron chi connectivity index (χ4n) is 1.72. The minimum Gasteiger partial charge on any atom is -0.347 e. The highest BCUT2D eigenvalue weighted by Gasteiger charge is 2.41. The summed E-state index contributed by atoms with van der Waals surface area (Å²) < 4.78 is 39.2. The summed E-state index contributed by atoms with van der Waals surface area (Å²) in [6, 6.07) is 2.85. The Morgan fingerprint density at radius 1 is 1.18 bits per heavy atom. The fourth-order valence-corrected chi connectivity index (χ4v) is 1.84. The van der Waals surface area contributed by atoms with Gasteiger partial charge in [-0.25, -0.2) is 0 Å². The summed E-state index contributed by atoms with van der Waals surface area (Å²) >= 11 is 5.63. The van der Waals surface area contributed by atoms with Gasteiger partial charge in [0.25, 0.3) is 0 Å². The maximum absolute atomic E-state index is 13.1. The predicted octanol–water partition coefficient (Wildman–Crippen LogP) is 2.98. The summed E-state index contributed by atoms with van der Waals surface area (Å²) in [4.78, 5) is 22.8. The summed E-state index contributed by atoms with van der Waals surface area (Å²) in [5, 5.41) is 4.42. The van der Waals surface area contributed by atoms with E-state index in [4.69, 9.17) is 11.6 Å². The molecule has 2 N–H and O–H groups in total. The van der Waals surface area contributed by atoms with Gasteiger partial charge in [-0.15, -0.1) is 0 Å². The molecule has 1 aromatic carbocycles. The van der Waals surface area contributed by atoms with E-state index >= 15 is 0 Å². The first-order valence-corrected chi connectivity index (χ1v) is 7.00. The number of carbonyl (C=O) groups excluding carboxylic acids is 2. The Hall–Kier alpha value is -1.76. The first-order chi connectivity index (χ1) is 10.2. The van der Waals surface area contributed by atoms with Gasteiger partial charge in [-0.3, -0.25) is 9.59 Å². The van der Waals surface area contributed by atoms with Gasteiger partial charge < -0.3 is 10.6 Å². The molecule has 0 heterocycles. The van der Waals surface area contributed by atoms with E-state index in [-0.39, 0.29) is 17.9 Å². The highest BCUT2D eigenvalue weighted by atomic mass is 35.5. The zero-order valence-electron chi connectivity index (χ0n) is 11.8. The van der Waals surface area contributed by atoms with Crippen molar-refractivity contribution in [3.05, 3.63) is 34.9 Å². The molecule has 0 aliphatic rings. The maximum atomic E-state index is 13.1. The molecule has 0 spiro atoms. The Morgan fingerprint density at radius 2 is 1.77 bits per heavy atom. The number of rotatable bonds is 6. The lowest BCUT2D eigenvalue weighted by Crippen LogP contribution is -2.43. The standard InChI is InChI=1S/C14H16ClF3N2O2/c1-2-3-11(21)19-8-12(22)20-13(14(16,17)18)9-4-6-10(15)7-5-9/h4-7,13H,2-3,8H2,1H3,(H,19,21)(H,20,22). The fraction of sp³-hybridized carbons (Fsp3) is 0.429. The molecule has 0 bridgehead atoms. The largest absolute Gasteiger partial charge is 0.412 e. The van der Waals surface area contributed by atoms with Crippen molar-refractivity contribution in [1.29, 1.82) is 0 Å². The van der Waals surface area contributed by atoms with Gasteiger partial charge in [0.1, 0.15) is 0 Å². The van der Waals surface area contributed by atoms with Crippen LogP contribution in [0.5, 0.6) is 0 Å². The molecule has 0 saturated heterocycles. The lowest BCUT2D eigenvalue weighted by atomic mass is 10.1. The van der Waals surface area contributed by atoms with Crippen molar-refractivity contribution in [3.8, 4) is 0 Å². The van der Waals surface area contributed by atoms with Crippen LogP contribution in [0.2, 0.25) is 5.02 Å². The molecule has 1 unspecified atom stereocenters. The van der Waals surface area contributed by atoms with Gasteiger partial charge in [0.05, 0.1) is 6.54 Å². The second kappa shape index (κ2) is 8.03. The van der Waals surface area contributed by atoms with Gasteiger partial charge in [0.2, 0.25) is 11.8 Å². The van der Waals surface area contributed by atoms with Gasteiger partial charge >= 0.3 is 6.18 Å². The van der Waals surface area contributed by atoms with Crippen LogP contribution in [0, 0.1) is 0 Å². The second-order valence-electron chi connectivity index (χ2n) is 4.62. The van der Waals surface area contributed by atoms with Crippen LogP contribution < -0.4 is 10.6 Å². The van der Waals surface area contributed by atoms with Crippen LogP contribution in [0.3, 0.4) is 0 Å². The van der Waals surface area contributed by atoms with E-state index in [9.17, 15) is 22.8 Å². The molecule has 1 aromatic rings. The smallest absolute Gasteiger partial charge is 0.347 e. The lowest BCUT2D eigenvalue weighted by Gasteiger charge is -2.22. The van der Waals surface area contributed by atoms with Gasteiger partial charge in [-0.2, -0.15) is 13.2 Å². The maximum Gasteiger partial charge on any atom is 0.412 e. The third-order valence-corrected chi connectivity index (χ3v) is 3.01. The number of halogens is 4. The Labute approximate surface area is 131 Å². The average molecular weight is 337 g/mol. The molecule has 1 atom stereocenters.